The number of anilines is 3. The molecule has 4 nitrogen and oxygen atoms in total. The Morgan fingerprint density at radius 1 is 0.367 bits per heavy atom. The van der Waals surface area contributed by atoms with Gasteiger partial charge in [-0.15, -0.1) is 0 Å². The van der Waals surface area contributed by atoms with E-state index in [0.717, 1.165) is 39.0 Å². The summed E-state index contributed by atoms with van der Waals surface area (Å²) in [6.45, 7) is 13.5. The van der Waals surface area contributed by atoms with Gasteiger partial charge in [0.25, 0.3) is 0 Å². The van der Waals surface area contributed by atoms with Crippen LogP contribution in [0.25, 0.3) is 44.7 Å². The fraction of sp³-hybridized carbons (Fsp3) is 0.109. The van der Waals surface area contributed by atoms with Crippen LogP contribution in [0.4, 0.5) is 17.3 Å². The van der Waals surface area contributed by atoms with E-state index in [2.05, 4.69) is 204 Å². The topological polar surface area (TPSA) is 41.9 Å². The third-order valence-corrected chi connectivity index (χ3v) is 11.6. The molecule has 5 heteroatoms. The largest absolute Gasteiger partial charge is 0.279 e. The van der Waals surface area contributed by atoms with Gasteiger partial charge in [0.15, 0.2) is 11.6 Å². The molecule has 0 spiro atoms. The molecule has 1 heterocycles. The van der Waals surface area contributed by atoms with Crippen molar-refractivity contribution in [2.75, 3.05) is 4.90 Å². The Labute approximate surface area is 354 Å². The van der Waals surface area contributed by atoms with Gasteiger partial charge in [0.1, 0.15) is 0 Å². The Morgan fingerprint density at radius 3 is 1.48 bits per heavy atom. The van der Waals surface area contributed by atoms with Crippen molar-refractivity contribution in [3.63, 3.8) is 0 Å². The Hall–Kier alpha value is -7.11. The van der Waals surface area contributed by atoms with Crippen LogP contribution in [0, 0.1) is 41.5 Å². The Bertz CT molecular complexity index is 2890. The SMILES string of the molecule is Cc1cc(C)c(B(c2ccc(N(c3cccc(-c4ccccc4)c3)c3nc(-c4ccccc4)nc(-c4ccc5ccccc5c4)n3)cc2)c2c(C)cc(C)cc2C)c(C)c1. The monoisotopic (exact) mass is 774 g/mol. The van der Waals surface area contributed by atoms with Crippen molar-refractivity contribution in [3.8, 4) is 33.9 Å². The maximum atomic E-state index is 5.31. The maximum Gasteiger partial charge on any atom is 0.242 e. The van der Waals surface area contributed by atoms with Gasteiger partial charge in [-0.05, 0) is 93.8 Å². The van der Waals surface area contributed by atoms with E-state index < -0.39 is 0 Å². The molecule has 9 aromatic rings. The van der Waals surface area contributed by atoms with Gasteiger partial charge in [0.2, 0.25) is 12.7 Å². The molecule has 0 saturated carbocycles. The van der Waals surface area contributed by atoms with Gasteiger partial charge >= 0.3 is 0 Å². The zero-order valence-electron chi connectivity index (χ0n) is 35.1. The highest BCUT2D eigenvalue weighted by molar-refractivity contribution is 6.96. The molecular formula is C55H47BN4. The van der Waals surface area contributed by atoms with E-state index >= 15 is 0 Å². The molecule has 0 amide bonds. The first-order valence-electron chi connectivity index (χ1n) is 20.7. The van der Waals surface area contributed by atoms with E-state index in [4.69, 9.17) is 15.0 Å². The lowest BCUT2D eigenvalue weighted by atomic mass is 9.34. The second-order valence-electron chi connectivity index (χ2n) is 16.1. The molecule has 8 aromatic carbocycles. The molecule has 0 aliphatic carbocycles. The van der Waals surface area contributed by atoms with Crippen LogP contribution in [0.5, 0.6) is 0 Å². The number of nitrogens with zero attached hydrogens (tertiary/aromatic N) is 4. The highest BCUT2D eigenvalue weighted by atomic mass is 15.3. The quantitative estimate of drug-likeness (QED) is 0.137. The lowest BCUT2D eigenvalue weighted by molar-refractivity contribution is 1.02. The smallest absolute Gasteiger partial charge is 0.242 e. The number of hydrogen-bond acceptors (Lipinski definition) is 4. The summed E-state index contributed by atoms with van der Waals surface area (Å²) in [5.74, 6) is 1.76. The summed E-state index contributed by atoms with van der Waals surface area (Å²) >= 11 is 0. The summed E-state index contributed by atoms with van der Waals surface area (Å²) in [6, 6.07) is 62.5. The molecule has 0 saturated heterocycles. The fourth-order valence-corrected chi connectivity index (χ4v) is 9.06. The molecule has 0 aliphatic heterocycles. The minimum Gasteiger partial charge on any atom is -0.279 e. The highest BCUT2D eigenvalue weighted by Crippen LogP contribution is 2.36. The lowest BCUT2D eigenvalue weighted by Crippen LogP contribution is -2.55. The first-order chi connectivity index (χ1) is 29.2. The molecule has 0 atom stereocenters. The van der Waals surface area contributed by atoms with Crippen LogP contribution >= 0.6 is 0 Å². The summed E-state index contributed by atoms with van der Waals surface area (Å²) in [4.78, 5) is 17.9. The molecule has 0 aliphatic rings. The third kappa shape index (κ3) is 7.63. The van der Waals surface area contributed by atoms with Gasteiger partial charge in [-0.2, -0.15) is 9.97 Å². The summed E-state index contributed by atoms with van der Waals surface area (Å²) < 4.78 is 0. The van der Waals surface area contributed by atoms with Gasteiger partial charge in [0.05, 0.1) is 0 Å². The van der Waals surface area contributed by atoms with Crippen molar-refractivity contribution in [1.82, 2.24) is 15.0 Å². The molecule has 290 valence electrons. The van der Waals surface area contributed by atoms with E-state index in [1.54, 1.807) is 0 Å². The summed E-state index contributed by atoms with van der Waals surface area (Å²) in [7, 11) is 0. The molecule has 9 rings (SSSR count). The van der Waals surface area contributed by atoms with Gasteiger partial charge in [-0.3, -0.25) is 4.90 Å². The molecule has 1 aromatic heterocycles. The summed E-state index contributed by atoms with van der Waals surface area (Å²) in [5, 5.41) is 2.30. The van der Waals surface area contributed by atoms with Crippen molar-refractivity contribution in [3.05, 3.63) is 209 Å². The van der Waals surface area contributed by atoms with Crippen LogP contribution in [-0.4, -0.2) is 21.7 Å². The summed E-state index contributed by atoms with van der Waals surface area (Å²) in [6.07, 6.45) is 0. The van der Waals surface area contributed by atoms with Crippen LogP contribution < -0.4 is 21.3 Å². The predicted molar refractivity (Wildman–Crippen MR) is 254 cm³/mol. The normalized spacial score (nSPS) is 11.2. The predicted octanol–water partition coefficient (Wildman–Crippen LogP) is 11.9. The van der Waals surface area contributed by atoms with Crippen molar-refractivity contribution < 1.29 is 0 Å². The van der Waals surface area contributed by atoms with Crippen molar-refractivity contribution in [2.45, 2.75) is 41.5 Å². The van der Waals surface area contributed by atoms with Crippen LogP contribution in [0.3, 0.4) is 0 Å². The van der Waals surface area contributed by atoms with Crippen LogP contribution in [-0.2, 0) is 0 Å². The molecule has 0 radical (unpaired) electrons. The molecule has 0 bridgehead atoms. The lowest BCUT2D eigenvalue weighted by Gasteiger charge is -2.27. The van der Waals surface area contributed by atoms with Crippen LogP contribution in [0.1, 0.15) is 33.4 Å². The first-order valence-corrected chi connectivity index (χ1v) is 20.7. The molecule has 0 N–H and O–H groups in total. The number of aryl methyl sites for hydroxylation is 6. The summed E-state index contributed by atoms with van der Waals surface area (Å²) in [5.41, 5.74) is 17.7. The van der Waals surface area contributed by atoms with E-state index in [9.17, 15) is 0 Å². The fourth-order valence-electron chi connectivity index (χ4n) is 9.06. The maximum absolute atomic E-state index is 5.31. The molecule has 0 unspecified atom stereocenters. The van der Waals surface area contributed by atoms with Crippen LogP contribution in [0.15, 0.2) is 176 Å². The van der Waals surface area contributed by atoms with Gasteiger partial charge in [0, 0.05) is 22.5 Å². The zero-order valence-corrected chi connectivity index (χ0v) is 35.1. The van der Waals surface area contributed by atoms with Crippen molar-refractivity contribution in [2.24, 2.45) is 0 Å². The number of aromatic nitrogens is 3. The Kier molecular flexibility index (Phi) is 10.4. The minimum atomic E-state index is 0.0523. The molecule has 0 fully saturated rings. The first kappa shape index (κ1) is 38.4. The van der Waals surface area contributed by atoms with Crippen LogP contribution in [0.2, 0.25) is 0 Å². The van der Waals surface area contributed by atoms with E-state index in [0.29, 0.717) is 17.6 Å². The zero-order chi connectivity index (χ0) is 41.3. The van der Waals surface area contributed by atoms with Gasteiger partial charge < -0.3 is 0 Å². The average molecular weight is 775 g/mol. The van der Waals surface area contributed by atoms with Crippen molar-refractivity contribution >= 4 is 51.2 Å². The van der Waals surface area contributed by atoms with E-state index in [-0.39, 0.29) is 6.71 Å². The Morgan fingerprint density at radius 2 is 0.883 bits per heavy atom. The molecular weight excluding hydrogens is 727 g/mol. The van der Waals surface area contributed by atoms with Gasteiger partial charge in [-0.1, -0.05) is 195 Å². The molecule has 60 heavy (non-hydrogen) atoms. The number of hydrogen-bond donors (Lipinski definition) is 0. The third-order valence-electron chi connectivity index (χ3n) is 11.6. The second-order valence-corrected chi connectivity index (χ2v) is 16.1. The number of benzene rings is 8. The average Bonchev–Trinajstić information content (AvgIpc) is 3.26. The number of fused-ring (bicyclic) bond motifs is 1. The Balaban J connectivity index is 1.25. The minimum absolute atomic E-state index is 0.0523. The van der Waals surface area contributed by atoms with Crippen molar-refractivity contribution in [1.29, 1.82) is 0 Å². The highest BCUT2D eigenvalue weighted by Gasteiger charge is 2.29. The van der Waals surface area contributed by atoms with E-state index in [1.807, 2.05) is 18.2 Å². The van der Waals surface area contributed by atoms with Gasteiger partial charge in [-0.25, -0.2) is 4.98 Å². The second kappa shape index (κ2) is 16.3. The standard InChI is InChI=1S/C55H47BN4/c1-36-30-38(3)51(39(4)31-36)56(52-40(5)32-37(2)33-41(52)6)48-26-28-49(29-27-48)60(50-23-15-22-46(35-50)42-16-9-7-10-17-42)55-58-53(44-19-11-8-12-20-44)57-54(59-55)47-25-24-43-18-13-14-21-45(43)34-47/h7-35H,1-6H3. The van der Waals surface area contributed by atoms with E-state index in [1.165, 1.54) is 55.2 Å². The number of rotatable bonds is 9.